The molecular weight excluding hydrogens is 453 g/mol. The van der Waals surface area contributed by atoms with Gasteiger partial charge in [-0.15, -0.1) is 0 Å². The molecule has 176 valence electrons. The Bertz CT molecular complexity index is 1200. The maximum Gasteiger partial charge on any atom is 0.338 e. The van der Waals surface area contributed by atoms with Gasteiger partial charge in [-0.3, -0.25) is 4.79 Å². The number of esters is 1. The first-order valence-electron chi connectivity index (χ1n) is 11.0. The number of aliphatic imine (C=N–C) groups is 1. The third-order valence-corrected chi connectivity index (χ3v) is 6.68. The lowest BCUT2D eigenvalue weighted by atomic mass is 9.92. The molecule has 4 rings (SSSR count). The third kappa shape index (κ3) is 4.77. The van der Waals surface area contributed by atoms with Crippen molar-refractivity contribution in [3.63, 3.8) is 0 Å². The van der Waals surface area contributed by atoms with E-state index in [0.717, 1.165) is 11.3 Å². The van der Waals surface area contributed by atoms with Crippen molar-refractivity contribution in [3.8, 4) is 0 Å². The van der Waals surface area contributed by atoms with Gasteiger partial charge in [0.2, 0.25) is 5.91 Å². The van der Waals surface area contributed by atoms with Gasteiger partial charge in [-0.2, -0.15) is 0 Å². The predicted octanol–water partition coefficient (Wildman–Crippen LogP) is 5.73. The molecule has 0 saturated carbocycles. The SMILES string of the molecule is COC(=O)C1=C(C)N=C2SC=C(CC(=O)Nc3ccc(F)cc3)N2C1c1ccc(C(C)C)cc1. The Balaban J connectivity index is 1.65. The van der Waals surface area contributed by atoms with E-state index >= 15 is 0 Å². The van der Waals surface area contributed by atoms with Crippen LogP contribution in [0.4, 0.5) is 10.1 Å². The highest BCUT2D eigenvalue weighted by Gasteiger charge is 2.41. The number of amidine groups is 1. The van der Waals surface area contributed by atoms with E-state index in [0.29, 0.717) is 28.0 Å². The molecule has 34 heavy (non-hydrogen) atoms. The first kappa shape index (κ1) is 23.8. The van der Waals surface area contributed by atoms with Gasteiger partial charge in [0.25, 0.3) is 0 Å². The zero-order chi connectivity index (χ0) is 24.4. The first-order valence-corrected chi connectivity index (χ1v) is 11.8. The van der Waals surface area contributed by atoms with Crippen LogP contribution in [0, 0.1) is 5.82 Å². The smallest absolute Gasteiger partial charge is 0.338 e. The molecule has 0 aliphatic carbocycles. The van der Waals surface area contributed by atoms with Crippen LogP contribution < -0.4 is 5.32 Å². The minimum atomic E-state index is -0.471. The highest BCUT2D eigenvalue weighted by atomic mass is 32.2. The average Bonchev–Trinajstić information content (AvgIpc) is 3.20. The Morgan fingerprint density at radius 3 is 2.44 bits per heavy atom. The molecule has 2 heterocycles. The molecule has 6 nitrogen and oxygen atoms in total. The lowest BCUT2D eigenvalue weighted by molar-refractivity contribution is -0.136. The number of allylic oxidation sites excluding steroid dienone is 1. The second kappa shape index (κ2) is 9.85. The van der Waals surface area contributed by atoms with Crippen LogP contribution in [0.1, 0.15) is 50.3 Å². The fraction of sp³-hybridized carbons (Fsp3) is 0.269. The van der Waals surface area contributed by atoms with E-state index in [1.807, 2.05) is 22.4 Å². The first-order chi connectivity index (χ1) is 16.3. The van der Waals surface area contributed by atoms with Crippen molar-refractivity contribution in [2.24, 2.45) is 4.99 Å². The maximum absolute atomic E-state index is 13.2. The summed E-state index contributed by atoms with van der Waals surface area (Å²) >= 11 is 1.41. The Morgan fingerprint density at radius 2 is 1.82 bits per heavy atom. The van der Waals surface area contributed by atoms with Crippen molar-refractivity contribution in [3.05, 3.63) is 87.9 Å². The summed E-state index contributed by atoms with van der Waals surface area (Å²) < 4.78 is 18.3. The summed E-state index contributed by atoms with van der Waals surface area (Å²) in [5.41, 5.74) is 4.36. The minimum Gasteiger partial charge on any atom is -0.466 e. The normalized spacial score (nSPS) is 17.4. The third-order valence-electron chi connectivity index (χ3n) is 5.79. The number of fused-ring (bicyclic) bond motifs is 1. The number of methoxy groups -OCH3 is 1. The summed E-state index contributed by atoms with van der Waals surface area (Å²) in [7, 11) is 1.35. The van der Waals surface area contributed by atoms with E-state index in [1.165, 1.54) is 48.7 Å². The van der Waals surface area contributed by atoms with Crippen molar-refractivity contribution in [2.45, 2.75) is 39.2 Å². The van der Waals surface area contributed by atoms with Crippen LogP contribution in [-0.4, -0.2) is 29.1 Å². The van der Waals surface area contributed by atoms with E-state index < -0.39 is 12.0 Å². The molecule has 0 aromatic heterocycles. The number of hydrogen-bond donors (Lipinski definition) is 1. The molecule has 2 aromatic rings. The predicted molar refractivity (Wildman–Crippen MR) is 133 cm³/mol. The van der Waals surface area contributed by atoms with Crippen molar-refractivity contribution < 1.29 is 18.7 Å². The second-order valence-corrected chi connectivity index (χ2v) is 9.27. The zero-order valence-electron chi connectivity index (χ0n) is 19.5. The fourth-order valence-electron chi connectivity index (χ4n) is 4.02. The number of benzene rings is 2. The molecule has 1 atom stereocenters. The topological polar surface area (TPSA) is 71.0 Å². The van der Waals surface area contributed by atoms with Gasteiger partial charge < -0.3 is 15.0 Å². The molecule has 0 bridgehead atoms. The lowest BCUT2D eigenvalue weighted by Crippen LogP contribution is -2.37. The van der Waals surface area contributed by atoms with Gasteiger partial charge >= 0.3 is 5.97 Å². The van der Waals surface area contributed by atoms with E-state index in [1.54, 1.807) is 6.92 Å². The molecule has 1 amide bonds. The summed E-state index contributed by atoms with van der Waals surface area (Å²) in [6.45, 7) is 6.05. The van der Waals surface area contributed by atoms with Crippen LogP contribution in [0.2, 0.25) is 0 Å². The Hall–Kier alpha value is -3.39. The largest absolute Gasteiger partial charge is 0.466 e. The van der Waals surface area contributed by atoms with Gasteiger partial charge in [-0.1, -0.05) is 49.9 Å². The summed E-state index contributed by atoms with van der Waals surface area (Å²) in [6, 6.07) is 13.3. The van der Waals surface area contributed by atoms with E-state index in [-0.39, 0.29) is 18.1 Å². The molecule has 1 unspecified atom stereocenters. The van der Waals surface area contributed by atoms with Crippen LogP contribution in [-0.2, 0) is 14.3 Å². The van der Waals surface area contributed by atoms with Crippen LogP contribution in [0.5, 0.6) is 0 Å². The quantitative estimate of drug-likeness (QED) is 0.536. The molecule has 2 aliphatic rings. The molecule has 0 saturated heterocycles. The molecule has 1 N–H and O–H groups in total. The van der Waals surface area contributed by atoms with Crippen molar-refractivity contribution in [2.75, 3.05) is 12.4 Å². The van der Waals surface area contributed by atoms with Crippen molar-refractivity contribution in [1.82, 2.24) is 4.90 Å². The monoisotopic (exact) mass is 479 g/mol. The fourth-order valence-corrected chi connectivity index (χ4v) is 4.99. The molecule has 0 fully saturated rings. The standard InChI is InChI=1S/C26H26FN3O3S/c1-15(2)17-5-7-18(8-6-17)24-23(25(32)33-4)16(3)28-26-30(24)21(14-34-26)13-22(31)29-20-11-9-19(27)10-12-20/h5-12,14-15,24H,13H2,1-4H3,(H,29,31). The number of carbonyl (C=O) groups is 2. The molecule has 0 radical (unpaired) electrons. The molecule has 8 heteroatoms. The summed E-state index contributed by atoms with van der Waals surface area (Å²) in [5.74, 6) is -0.696. The number of ether oxygens (including phenoxy) is 1. The van der Waals surface area contributed by atoms with Crippen LogP contribution >= 0.6 is 11.8 Å². The Kier molecular flexibility index (Phi) is 6.88. The lowest BCUT2D eigenvalue weighted by Gasteiger charge is -2.36. The zero-order valence-corrected chi connectivity index (χ0v) is 20.3. The summed E-state index contributed by atoms with van der Waals surface area (Å²) in [6.07, 6.45) is 0.0669. The van der Waals surface area contributed by atoms with Crippen LogP contribution in [0.25, 0.3) is 0 Å². The number of thioether (sulfide) groups is 1. The van der Waals surface area contributed by atoms with Gasteiger partial charge in [-0.25, -0.2) is 14.2 Å². The van der Waals surface area contributed by atoms with E-state index in [2.05, 4.69) is 36.3 Å². The number of carbonyl (C=O) groups excluding carboxylic acids is 2. The van der Waals surface area contributed by atoms with Gasteiger partial charge in [0.15, 0.2) is 5.17 Å². The number of halogens is 1. The van der Waals surface area contributed by atoms with Crippen molar-refractivity contribution in [1.29, 1.82) is 0 Å². The molecule has 2 aromatic carbocycles. The number of anilines is 1. The molecule has 2 aliphatic heterocycles. The van der Waals surface area contributed by atoms with Gasteiger partial charge in [0, 0.05) is 11.4 Å². The van der Waals surface area contributed by atoms with Crippen LogP contribution in [0.3, 0.4) is 0 Å². The van der Waals surface area contributed by atoms with Gasteiger partial charge in [-0.05, 0) is 53.6 Å². The summed E-state index contributed by atoms with van der Waals surface area (Å²) in [5, 5.41) is 5.38. The second-order valence-electron chi connectivity index (χ2n) is 8.44. The highest BCUT2D eigenvalue weighted by molar-refractivity contribution is 8.16. The van der Waals surface area contributed by atoms with Crippen molar-refractivity contribution >= 4 is 34.5 Å². The van der Waals surface area contributed by atoms with Crippen LogP contribution in [0.15, 0.2) is 75.9 Å². The average molecular weight is 480 g/mol. The Labute approximate surface area is 202 Å². The molecule has 0 spiro atoms. The van der Waals surface area contributed by atoms with Gasteiger partial charge in [0.05, 0.1) is 30.8 Å². The maximum atomic E-state index is 13.2. The number of hydrogen-bond acceptors (Lipinski definition) is 6. The minimum absolute atomic E-state index is 0.0669. The number of rotatable bonds is 6. The van der Waals surface area contributed by atoms with E-state index in [9.17, 15) is 14.0 Å². The Morgan fingerprint density at radius 1 is 1.15 bits per heavy atom. The highest BCUT2D eigenvalue weighted by Crippen LogP contribution is 2.45. The summed E-state index contributed by atoms with van der Waals surface area (Å²) in [4.78, 5) is 32.2. The van der Waals surface area contributed by atoms with Gasteiger partial charge in [0.1, 0.15) is 5.82 Å². The molecular formula is C26H26FN3O3S. The van der Waals surface area contributed by atoms with E-state index in [4.69, 9.17) is 4.74 Å². The number of nitrogens with zero attached hydrogens (tertiary/aromatic N) is 2. The number of nitrogens with one attached hydrogen (secondary N) is 1. The number of amides is 1.